The van der Waals surface area contributed by atoms with Gasteiger partial charge in [-0.1, -0.05) is 41.9 Å². The second-order valence-corrected chi connectivity index (χ2v) is 10.1. The van der Waals surface area contributed by atoms with Crippen LogP contribution in [0.15, 0.2) is 48.5 Å². The van der Waals surface area contributed by atoms with Crippen molar-refractivity contribution in [3.05, 3.63) is 64.7 Å². The predicted octanol–water partition coefficient (Wildman–Crippen LogP) is 2.33. The summed E-state index contributed by atoms with van der Waals surface area (Å²) in [5.41, 5.74) is 0.692. The van der Waals surface area contributed by atoms with Crippen LogP contribution in [-0.4, -0.2) is 49.4 Å². The zero-order valence-electron chi connectivity index (χ0n) is 17.1. The average molecular weight is 450 g/mol. The van der Waals surface area contributed by atoms with Crippen molar-refractivity contribution in [2.45, 2.75) is 25.9 Å². The van der Waals surface area contributed by atoms with Crippen molar-refractivity contribution < 1.29 is 18.0 Å². The number of rotatable bonds is 5. The lowest BCUT2D eigenvalue weighted by molar-refractivity contribution is -0.133. The van der Waals surface area contributed by atoms with Crippen LogP contribution in [0.3, 0.4) is 0 Å². The molecule has 0 aromatic heterocycles. The Morgan fingerprint density at radius 1 is 1.20 bits per heavy atom. The molecule has 3 rings (SSSR count). The Balaban J connectivity index is 2.00. The lowest BCUT2D eigenvalue weighted by atomic mass is 9.93. The summed E-state index contributed by atoms with van der Waals surface area (Å²) >= 11 is 6.06. The molecule has 0 bridgehead atoms. The molecule has 9 heteroatoms. The van der Waals surface area contributed by atoms with Crippen LogP contribution in [0.25, 0.3) is 0 Å². The second-order valence-electron chi connectivity index (χ2n) is 7.63. The summed E-state index contributed by atoms with van der Waals surface area (Å²) in [5, 5.41) is 3.36. The number of halogens is 1. The first-order chi connectivity index (χ1) is 14.0. The highest BCUT2D eigenvalue weighted by Crippen LogP contribution is 2.33. The third-order valence-corrected chi connectivity index (χ3v) is 6.62. The van der Waals surface area contributed by atoms with Crippen LogP contribution in [0.4, 0.5) is 5.69 Å². The molecule has 2 aromatic rings. The van der Waals surface area contributed by atoms with Crippen molar-refractivity contribution in [1.29, 1.82) is 0 Å². The number of sulfonamides is 1. The van der Waals surface area contributed by atoms with Gasteiger partial charge in [0.1, 0.15) is 5.54 Å². The number of hydrogen-bond acceptors (Lipinski definition) is 4. The van der Waals surface area contributed by atoms with Gasteiger partial charge < -0.3 is 5.32 Å². The first kappa shape index (κ1) is 22.3. The molecule has 1 atom stereocenters. The number of carbonyl (C=O) groups excluding carboxylic acids is 2. The van der Waals surface area contributed by atoms with E-state index in [2.05, 4.69) is 5.32 Å². The van der Waals surface area contributed by atoms with E-state index in [1.807, 2.05) is 30.3 Å². The summed E-state index contributed by atoms with van der Waals surface area (Å²) < 4.78 is 25.4. The molecule has 2 aromatic carbocycles. The Labute approximate surface area is 181 Å². The number of piperazine rings is 1. The zero-order chi connectivity index (χ0) is 22.1. The quantitative estimate of drug-likeness (QED) is 0.759. The Morgan fingerprint density at radius 3 is 2.47 bits per heavy atom. The molecule has 1 heterocycles. The maximum Gasteiger partial charge on any atom is 0.247 e. The number of hydrogen-bond donors (Lipinski definition) is 1. The van der Waals surface area contributed by atoms with Crippen LogP contribution >= 0.6 is 11.6 Å². The van der Waals surface area contributed by atoms with Gasteiger partial charge in [0.2, 0.25) is 21.8 Å². The van der Waals surface area contributed by atoms with E-state index in [4.69, 9.17) is 11.6 Å². The predicted molar refractivity (Wildman–Crippen MR) is 117 cm³/mol. The second kappa shape index (κ2) is 8.37. The van der Waals surface area contributed by atoms with Crippen molar-refractivity contribution in [1.82, 2.24) is 9.62 Å². The Bertz CT molecular complexity index is 1070. The van der Waals surface area contributed by atoms with Crippen LogP contribution in [0.1, 0.15) is 18.1 Å². The van der Waals surface area contributed by atoms with Crippen LogP contribution < -0.4 is 10.2 Å². The summed E-state index contributed by atoms with van der Waals surface area (Å²) in [6, 6.07) is 14.4. The van der Waals surface area contributed by atoms with Crippen LogP contribution in [-0.2, 0) is 26.2 Å². The van der Waals surface area contributed by atoms with Crippen molar-refractivity contribution in [2.75, 3.05) is 24.2 Å². The van der Waals surface area contributed by atoms with Crippen molar-refractivity contribution >= 4 is 39.1 Å². The molecule has 0 radical (unpaired) electrons. The maximum atomic E-state index is 13.3. The lowest BCUT2D eigenvalue weighted by Crippen LogP contribution is -2.70. The Hall–Kier alpha value is -2.42. The Morgan fingerprint density at radius 2 is 1.87 bits per heavy atom. The molecule has 160 valence electrons. The van der Waals surface area contributed by atoms with Gasteiger partial charge in [-0.2, -0.15) is 4.31 Å². The van der Waals surface area contributed by atoms with Gasteiger partial charge in [0.05, 0.1) is 12.8 Å². The van der Waals surface area contributed by atoms with Gasteiger partial charge in [-0.3, -0.25) is 14.5 Å². The minimum Gasteiger partial charge on any atom is -0.350 e. The molecule has 1 unspecified atom stereocenters. The summed E-state index contributed by atoms with van der Waals surface area (Å²) in [4.78, 5) is 27.8. The molecule has 0 aliphatic carbocycles. The molecule has 2 amide bonds. The molecule has 1 N–H and O–H groups in total. The number of aryl methyl sites for hydroxylation is 1. The van der Waals surface area contributed by atoms with E-state index in [-0.39, 0.29) is 19.6 Å². The monoisotopic (exact) mass is 449 g/mol. The topological polar surface area (TPSA) is 86.8 Å². The fourth-order valence-electron chi connectivity index (χ4n) is 3.61. The molecule has 1 saturated heterocycles. The Kier molecular flexibility index (Phi) is 6.21. The fourth-order valence-corrected chi connectivity index (χ4v) is 4.67. The highest BCUT2D eigenvalue weighted by atomic mass is 35.5. The van der Waals surface area contributed by atoms with E-state index in [9.17, 15) is 18.0 Å². The zero-order valence-corrected chi connectivity index (χ0v) is 18.6. The molecule has 1 fully saturated rings. The minimum atomic E-state index is -3.67. The van der Waals surface area contributed by atoms with Crippen LogP contribution in [0.2, 0.25) is 5.02 Å². The summed E-state index contributed by atoms with van der Waals surface area (Å²) in [6.45, 7) is 3.15. The molecule has 1 aliphatic heterocycles. The number of anilines is 1. The van der Waals surface area contributed by atoms with Gasteiger partial charge in [-0.15, -0.1) is 0 Å². The largest absolute Gasteiger partial charge is 0.350 e. The van der Waals surface area contributed by atoms with Gasteiger partial charge in [0, 0.05) is 23.8 Å². The third kappa shape index (κ3) is 4.50. The number of amides is 2. The lowest BCUT2D eigenvalue weighted by Gasteiger charge is -2.47. The number of nitrogens with one attached hydrogen (secondary N) is 1. The van der Waals surface area contributed by atoms with Crippen LogP contribution in [0, 0.1) is 6.92 Å². The van der Waals surface area contributed by atoms with Gasteiger partial charge in [0.25, 0.3) is 0 Å². The standard InChI is InChI=1S/C21H24ClN3O4S/c1-15-11-17(22)9-10-18(15)25-19(26)13-24(30(3,28)29)14-21(25,2)20(27)23-12-16-7-5-4-6-8-16/h4-11H,12-14H2,1-3H3,(H,23,27). The van der Waals surface area contributed by atoms with Gasteiger partial charge in [-0.25, -0.2) is 8.42 Å². The summed E-state index contributed by atoms with van der Waals surface area (Å²) in [7, 11) is -3.67. The molecule has 0 spiro atoms. The normalized spacial score (nSPS) is 20.3. The van der Waals surface area contributed by atoms with Crippen molar-refractivity contribution in [2.24, 2.45) is 0 Å². The van der Waals surface area contributed by atoms with E-state index in [1.54, 1.807) is 32.0 Å². The van der Waals surface area contributed by atoms with Crippen molar-refractivity contribution in [3.8, 4) is 0 Å². The van der Waals surface area contributed by atoms with Crippen molar-refractivity contribution in [3.63, 3.8) is 0 Å². The molecule has 7 nitrogen and oxygen atoms in total. The third-order valence-electron chi connectivity index (χ3n) is 5.19. The average Bonchev–Trinajstić information content (AvgIpc) is 2.67. The van der Waals surface area contributed by atoms with E-state index in [0.717, 1.165) is 16.1 Å². The van der Waals surface area contributed by atoms with E-state index < -0.39 is 27.4 Å². The highest BCUT2D eigenvalue weighted by molar-refractivity contribution is 7.88. The van der Waals surface area contributed by atoms with E-state index >= 15 is 0 Å². The minimum absolute atomic E-state index is 0.153. The summed E-state index contributed by atoms with van der Waals surface area (Å²) in [6.07, 6.45) is 1.03. The summed E-state index contributed by atoms with van der Waals surface area (Å²) in [5.74, 6) is -0.920. The van der Waals surface area contributed by atoms with Gasteiger partial charge in [0.15, 0.2) is 0 Å². The molecule has 30 heavy (non-hydrogen) atoms. The van der Waals surface area contributed by atoms with Gasteiger partial charge >= 0.3 is 0 Å². The smallest absolute Gasteiger partial charge is 0.247 e. The van der Waals surface area contributed by atoms with Gasteiger partial charge in [-0.05, 0) is 43.2 Å². The first-order valence-corrected chi connectivity index (χ1v) is 11.6. The number of nitrogens with zero attached hydrogens (tertiary/aromatic N) is 2. The number of benzene rings is 2. The van der Waals surface area contributed by atoms with Crippen LogP contribution in [0.5, 0.6) is 0 Å². The SMILES string of the molecule is Cc1cc(Cl)ccc1N1C(=O)CN(S(C)(=O)=O)CC1(C)C(=O)NCc1ccccc1. The first-order valence-electron chi connectivity index (χ1n) is 9.39. The highest BCUT2D eigenvalue weighted by Gasteiger charge is 2.50. The molecule has 1 aliphatic rings. The maximum absolute atomic E-state index is 13.3. The molecule has 0 saturated carbocycles. The molecular formula is C21H24ClN3O4S. The van der Waals surface area contributed by atoms with E-state index in [1.165, 1.54) is 4.90 Å². The van der Waals surface area contributed by atoms with E-state index in [0.29, 0.717) is 16.3 Å². The fraction of sp³-hybridized carbons (Fsp3) is 0.333. The molecular weight excluding hydrogens is 426 g/mol. The number of carbonyl (C=O) groups is 2.